The highest BCUT2D eigenvalue weighted by molar-refractivity contribution is 5.69. The number of aromatic nitrogens is 1. The average Bonchev–Trinajstić information content (AvgIpc) is 2.98. The van der Waals surface area contributed by atoms with Gasteiger partial charge in [0.1, 0.15) is 6.54 Å². The number of carbonyl (C=O) groups excluding carboxylic acids is 1. The van der Waals surface area contributed by atoms with Gasteiger partial charge in [0.2, 0.25) is 0 Å². The van der Waals surface area contributed by atoms with Crippen molar-refractivity contribution in [3.63, 3.8) is 0 Å². The van der Waals surface area contributed by atoms with Crippen LogP contribution < -0.4 is 5.32 Å². The molecular weight excluding hydrogens is 204 g/mol. The summed E-state index contributed by atoms with van der Waals surface area (Å²) in [6.45, 7) is 3.40. The molecule has 0 radical (unpaired) electrons. The molecule has 1 saturated carbocycles. The third kappa shape index (κ3) is 3.10. The maximum absolute atomic E-state index is 11.3. The van der Waals surface area contributed by atoms with Crippen LogP contribution in [0.3, 0.4) is 0 Å². The second-order valence-corrected chi connectivity index (χ2v) is 4.09. The SMILES string of the molecule is CCOC(=O)Cn1cccc1CNC1CC1. The Bertz CT molecular complexity index is 356. The molecule has 0 aliphatic heterocycles. The van der Waals surface area contributed by atoms with Gasteiger partial charge in [-0.2, -0.15) is 0 Å². The highest BCUT2D eigenvalue weighted by Crippen LogP contribution is 2.19. The molecule has 1 aliphatic carbocycles. The molecule has 0 atom stereocenters. The van der Waals surface area contributed by atoms with E-state index in [-0.39, 0.29) is 5.97 Å². The first-order chi connectivity index (χ1) is 7.79. The van der Waals surface area contributed by atoms with Gasteiger partial charge in [0.25, 0.3) is 0 Å². The van der Waals surface area contributed by atoms with Crippen LogP contribution in [0, 0.1) is 0 Å². The van der Waals surface area contributed by atoms with Crippen LogP contribution in [-0.2, 0) is 22.6 Å². The van der Waals surface area contributed by atoms with E-state index in [2.05, 4.69) is 5.32 Å². The summed E-state index contributed by atoms with van der Waals surface area (Å²) in [6, 6.07) is 4.68. The van der Waals surface area contributed by atoms with Crippen molar-refractivity contribution in [2.45, 2.75) is 38.9 Å². The van der Waals surface area contributed by atoms with E-state index in [4.69, 9.17) is 4.74 Å². The first-order valence-electron chi connectivity index (χ1n) is 5.82. The number of carbonyl (C=O) groups is 1. The second kappa shape index (κ2) is 5.16. The Balaban J connectivity index is 1.87. The number of hydrogen-bond acceptors (Lipinski definition) is 3. The molecule has 0 spiro atoms. The van der Waals surface area contributed by atoms with E-state index in [1.54, 1.807) is 0 Å². The second-order valence-electron chi connectivity index (χ2n) is 4.09. The Labute approximate surface area is 95.6 Å². The van der Waals surface area contributed by atoms with Gasteiger partial charge in [-0.3, -0.25) is 4.79 Å². The fraction of sp³-hybridized carbons (Fsp3) is 0.583. The lowest BCUT2D eigenvalue weighted by Crippen LogP contribution is -2.20. The molecule has 2 rings (SSSR count). The van der Waals surface area contributed by atoms with Crippen LogP contribution in [0.2, 0.25) is 0 Å². The lowest BCUT2D eigenvalue weighted by Gasteiger charge is -2.09. The van der Waals surface area contributed by atoms with Gasteiger partial charge in [-0.05, 0) is 31.9 Å². The van der Waals surface area contributed by atoms with Crippen molar-refractivity contribution in [1.82, 2.24) is 9.88 Å². The molecular formula is C12H18N2O2. The first kappa shape index (κ1) is 11.2. The summed E-state index contributed by atoms with van der Waals surface area (Å²) in [5.41, 5.74) is 1.14. The van der Waals surface area contributed by atoms with Gasteiger partial charge < -0.3 is 14.6 Å². The predicted octanol–water partition coefficient (Wildman–Crippen LogP) is 1.30. The minimum Gasteiger partial charge on any atom is -0.465 e. The van der Waals surface area contributed by atoms with Gasteiger partial charge in [-0.25, -0.2) is 0 Å². The molecule has 1 aromatic heterocycles. The van der Waals surface area contributed by atoms with Crippen molar-refractivity contribution < 1.29 is 9.53 Å². The van der Waals surface area contributed by atoms with Crippen LogP contribution in [-0.4, -0.2) is 23.2 Å². The number of esters is 1. The molecule has 0 unspecified atom stereocenters. The van der Waals surface area contributed by atoms with E-state index in [9.17, 15) is 4.79 Å². The maximum Gasteiger partial charge on any atom is 0.325 e. The summed E-state index contributed by atoms with van der Waals surface area (Å²) in [7, 11) is 0. The van der Waals surface area contributed by atoms with Crippen molar-refractivity contribution in [3.05, 3.63) is 24.0 Å². The van der Waals surface area contributed by atoms with Gasteiger partial charge in [0.05, 0.1) is 6.61 Å². The van der Waals surface area contributed by atoms with Crippen molar-refractivity contribution in [2.75, 3.05) is 6.61 Å². The van der Waals surface area contributed by atoms with Gasteiger partial charge in [-0.1, -0.05) is 0 Å². The zero-order valence-corrected chi connectivity index (χ0v) is 9.61. The molecule has 1 N–H and O–H groups in total. The summed E-state index contributed by atoms with van der Waals surface area (Å²) in [5.74, 6) is -0.175. The number of rotatable bonds is 6. The number of ether oxygens (including phenoxy) is 1. The molecule has 0 bridgehead atoms. The lowest BCUT2D eigenvalue weighted by molar-refractivity contribution is -0.143. The first-order valence-corrected chi connectivity index (χ1v) is 5.82. The third-order valence-corrected chi connectivity index (χ3v) is 2.68. The molecule has 1 aromatic rings. The van der Waals surface area contributed by atoms with Gasteiger partial charge >= 0.3 is 5.97 Å². The third-order valence-electron chi connectivity index (χ3n) is 2.68. The topological polar surface area (TPSA) is 43.3 Å². The normalized spacial score (nSPS) is 15.1. The summed E-state index contributed by atoms with van der Waals surface area (Å²) >= 11 is 0. The number of hydrogen-bond donors (Lipinski definition) is 1. The molecule has 0 aromatic carbocycles. The van der Waals surface area contributed by atoms with Crippen molar-refractivity contribution in [2.24, 2.45) is 0 Å². The van der Waals surface area contributed by atoms with Crippen molar-refractivity contribution >= 4 is 5.97 Å². The number of nitrogens with one attached hydrogen (secondary N) is 1. The number of nitrogens with zero attached hydrogens (tertiary/aromatic N) is 1. The summed E-state index contributed by atoms with van der Waals surface area (Å²) in [4.78, 5) is 11.3. The molecule has 4 heteroatoms. The largest absolute Gasteiger partial charge is 0.465 e. The van der Waals surface area contributed by atoms with Crippen LogP contribution in [0.1, 0.15) is 25.5 Å². The van der Waals surface area contributed by atoms with Gasteiger partial charge in [-0.15, -0.1) is 0 Å². The molecule has 0 saturated heterocycles. The monoisotopic (exact) mass is 222 g/mol. The maximum atomic E-state index is 11.3. The van der Waals surface area contributed by atoms with Crippen LogP contribution in [0.4, 0.5) is 0 Å². The quantitative estimate of drug-likeness (QED) is 0.738. The molecule has 1 heterocycles. The van der Waals surface area contributed by atoms with E-state index < -0.39 is 0 Å². The van der Waals surface area contributed by atoms with Crippen LogP contribution in [0.5, 0.6) is 0 Å². The summed E-state index contributed by atoms with van der Waals surface area (Å²) in [6.07, 6.45) is 4.47. The molecule has 0 amide bonds. The standard InChI is InChI=1S/C12H18N2O2/c1-2-16-12(15)9-14-7-3-4-11(14)8-13-10-5-6-10/h3-4,7,10,13H,2,5-6,8-9H2,1H3. The Kier molecular flexibility index (Phi) is 3.62. The predicted molar refractivity (Wildman–Crippen MR) is 60.9 cm³/mol. The molecule has 1 aliphatic rings. The molecule has 16 heavy (non-hydrogen) atoms. The lowest BCUT2D eigenvalue weighted by atomic mass is 10.4. The zero-order chi connectivity index (χ0) is 11.4. The van der Waals surface area contributed by atoms with Crippen molar-refractivity contribution in [1.29, 1.82) is 0 Å². The van der Waals surface area contributed by atoms with E-state index >= 15 is 0 Å². The summed E-state index contributed by atoms with van der Waals surface area (Å²) in [5, 5.41) is 3.43. The minimum absolute atomic E-state index is 0.175. The molecule has 88 valence electrons. The Morgan fingerprint density at radius 2 is 2.44 bits per heavy atom. The van der Waals surface area contributed by atoms with Gasteiger partial charge in [0, 0.05) is 24.5 Å². The average molecular weight is 222 g/mol. The van der Waals surface area contributed by atoms with Crippen molar-refractivity contribution in [3.8, 4) is 0 Å². The van der Waals surface area contributed by atoms with E-state index in [0.29, 0.717) is 19.2 Å². The smallest absolute Gasteiger partial charge is 0.325 e. The molecule has 1 fully saturated rings. The Morgan fingerprint density at radius 3 is 3.12 bits per heavy atom. The summed E-state index contributed by atoms with van der Waals surface area (Å²) < 4.78 is 6.87. The zero-order valence-electron chi connectivity index (χ0n) is 9.61. The van der Waals surface area contributed by atoms with E-state index in [1.165, 1.54) is 12.8 Å². The highest BCUT2D eigenvalue weighted by atomic mass is 16.5. The fourth-order valence-electron chi connectivity index (χ4n) is 1.65. The fourth-order valence-corrected chi connectivity index (χ4v) is 1.65. The van der Waals surface area contributed by atoms with Crippen LogP contribution >= 0.6 is 0 Å². The van der Waals surface area contributed by atoms with Gasteiger partial charge in [0.15, 0.2) is 0 Å². The van der Waals surface area contributed by atoms with E-state index in [0.717, 1.165) is 12.2 Å². The minimum atomic E-state index is -0.175. The Hall–Kier alpha value is -1.29. The Morgan fingerprint density at radius 1 is 1.62 bits per heavy atom. The van der Waals surface area contributed by atoms with Crippen LogP contribution in [0.15, 0.2) is 18.3 Å². The molecule has 4 nitrogen and oxygen atoms in total. The van der Waals surface area contributed by atoms with E-state index in [1.807, 2.05) is 29.8 Å². The van der Waals surface area contributed by atoms with Crippen LogP contribution in [0.25, 0.3) is 0 Å². The highest BCUT2D eigenvalue weighted by Gasteiger charge is 2.20.